The van der Waals surface area contributed by atoms with Gasteiger partial charge in [-0.05, 0) is 50.8 Å². The van der Waals surface area contributed by atoms with E-state index in [1.807, 2.05) is 0 Å². The molecule has 6 nitrogen and oxygen atoms in total. The Morgan fingerprint density at radius 3 is 2.70 bits per heavy atom. The number of ketones is 2. The smallest absolute Gasteiger partial charge is 0.305 e. The van der Waals surface area contributed by atoms with Crippen molar-refractivity contribution in [3.63, 3.8) is 0 Å². The Morgan fingerprint density at radius 2 is 2.00 bits per heavy atom. The predicted molar refractivity (Wildman–Crippen MR) is 119 cm³/mol. The van der Waals surface area contributed by atoms with Gasteiger partial charge in [0.1, 0.15) is 5.78 Å². The highest BCUT2D eigenvalue weighted by Crippen LogP contribution is 2.40. The number of halogens is 2. The van der Waals surface area contributed by atoms with Crippen LogP contribution in [0.25, 0.3) is 0 Å². The van der Waals surface area contributed by atoms with E-state index in [0.717, 1.165) is 12.8 Å². The van der Waals surface area contributed by atoms with E-state index in [0.29, 0.717) is 45.1 Å². The van der Waals surface area contributed by atoms with Crippen LogP contribution in [0.15, 0.2) is 0 Å². The van der Waals surface area contributed by atoms with Crippen molar-refractivity contribution in [1.82, 2.24) is 0 Å². The number of carboxylic acids is 1. The van der Waals surface area contributed by atoms with Crippen molar-refractivity contribution in [2.75, 3.05) is 6.61 Å². The Bertz CT molecular complexity index is 878. The number of aliphatic carboxylic acids is 1. The van der Waals surface area contributed by atoms with Gasteiger partial charge >= 0.3 is 11.9 Å². The number of alkyl halides is 2. The van der Waals surface area contributed by atoms with Gasteiger partial charge in [-0.3, -0.25) is 14.4 Å². The summed E-state index contributed by atoms with van der Waals surface area (Å²) >= 11 is 0. The Morgan fingerprint density at radius 1 is 1.21 bits per heavy atom. The maximum absolute atomic E-state index is 14.8. The lowest BCUT2D eigenvalue weighted by molar-refractivity contribution is -0.196. The van der Waals surface area contributed by atoms with Crippen molar-refractivity contribution in [2.24, 2.45) is 11.8 Å². The first-order valence-corrected chi connectivity index (χ1v) is 11.8. The summed E-state index contributed by atoms with van der Waals surface area (Å²) in [5.74, 6) is -8.10. The molecule has 0 bridgehead atoms. The summed E-state index contributed by atoms with van der Waals surface area (Å²) in [4.78, 5) is 36.2. The van der Waals surface area contributed by atoms with Gasteiger partial charge in [0, 0.05) is 47.8 Å². The van der Waals surface area contributed by atoms with Crippen molar-refractivity contribution in [3.8, 4) is 0 Å². The van der Waals surface area contributed by atoms with Crippen LogP contribution < -0.4 is 0 Å². The van der Waals surface area contributed by atoms with Crippen LogP contribution in [-0.4, -0.2) is 47.6 Å². The molecular weight excluding hydrogens is 434 g/mol. The highest BCUT2D eigenvalue weighted by atomic mass is 19.3. The van der Waals surface area contributed by atoms with Gasteiger partial charge in [-0.25, -0.2) is 0 Å². The zero-order valence-corrected chi connectivity index (χ0v) is 19.0. The van der Waals surface area contributed by atoms with E-state index in [1.54, 1.807) is 0 Å². The fourth-order valence-electron chi connectivity index (χ4n) is 4.65. The van der Waals surface area contributed by atoms with Crippen LogP contribution in [0.4, 0.5) is 8.78 Å². The SMILES string of the molecule is [2H]C([2H])([2H])C([2H])([2H])C([2H])([2H])CC(F)(F)C(=O)CC[C@H]1[C@H](OC2CCCCO2)CC(=O)[C@@H]1CCCCCCC(=O)O. The van der Waals surface area contributed by atoms with E-state index in [4.69, 9.17) is 24.2 Å². The maximum Gasteiger partial charge on any atom is 0.305 e. The number of ether oxygens (including phenoxy) is 2. The summed E-state index contributed by atoms with van der Waals surface area (Å²) in [6.07, 6.45) is -5.82. The molecule has 0 aromatic rings. The minimum absolute atomic E-state index is 0.0418. The van der Waals surface area contributed by atoms with Crippen LogP contribution in [0.1, 0.15) is 113 Å². The van der Waals surface area contributed by atoms with E-state index >= 15 is 0 Å². The quantitative estimate of drug-likeness (QED) is 0.284. The summed E-state index contributed by atoms with van der Waals surface area (Å²) < 4.78 is 93.4. The average molecular weight is 482 g/mol. The molecule has 33 heavy (non-hydrogen) atoms. The van der Waals surface area contributed by atoms with Crippen LogP contribution in [0, 0.1) is 11.8 Å². The highest BCUT2D eigenvalue weighted by molar-refractivity contribution is 5.86. The third kappa shape index (κ3) is 9.39. The van der Waals surface area contributed by atoms with Crippen LogP contribution >= 0.6 is 0 Å². The fraction of sp³-hybridized carbons (Fsp3) is 0.880. The standard InChI is InChI=1S/C25H40F2O6/c1-2-3-15-25(26,27)22(29)14-13-19-18(10-6-4-5-7-11-23(30)31)20(28)17-21(19)33-24-12-8-9-16-32-24/h18-19,21,24H,2-17H2,1H3,(H,30,31)/t18-,19-,21-,24?/m1/s1/i1D3,2D2,3D2. The van der Waals surface area contributed by atoms with E-state index in [-0.39, 0.29) is 25.0 Å². The van der Waals surface area contributed by atoms with Crippen LogP contribution in [0.2, 0.25) is 0 Å². The zero-order valence-electron chi connectivity index (χ0n) is 26.0. The van der Waals surface area contributed by atoms with Crippen LogP contribution in [0.3, 0.4) is 0 Å². The molecule has 0 aromatic heterocycles. The predicted octanol–water partition coefficient (Wildman–Crippen LogP) is 5.70. The summed E-state index contributed by atoms with van der Waals surface area (Å²) in [7, 11) is 0. The lowest BCUT2D eigenvalue weighted by Crippen LogP contribution is -2.33. The van der Waals surface area contributed by atoms with Gasteiger partial charge in [-0.15, -0.1) is 0 Å². The van der Waals surface area contributed by atoms with Gasteiger partial charge in [0.25, 0.3) is 0 Å². The molecule has 0 aromatic carbocycles. The lowest BCUT2D eigenvalue weighted by Gasteiger charge is -2.30. The number of carboxylic acid groups (broad SMARTS) is 1. The topological polar surface area (TPSA) is 89.9 Å². The second-order valence-corrected chi connectivity index (χ2v) is 8.90. The van der Waals surface area contributed by atoms with Gasteiger partial charge in [0.2, 0.25) is 5.78 Å². The van der Waals surface area contributed by atoms with Gasteiger partial charge in [0.05, 0.1) is 6.10 Å². The molecule has 190 valence electrons. The van der Waals surface area contributed by atoms with E-state index in [9.17, 15) is 23.2 Å². The molecule has 0 amide bonds. The third-order valence-corrected chi connectivity index (χ3v) is 6.44. The molecule has 2 aliphatic rings. The van der Waals surface area contributed by atoms with E-state index in [1.165, 1.54) is 0 Å². The molecule has 8 heteroatoms. The molecule has 1 unspecified atom stereocenters. The molecule has 1 heterocycles. The largest absolute Gasteiger partial charge is 0.481 e. The molecule has 1 aliphatic heterocycles. The summed E-state index contributed by atoms with van der Waals surface area (Å²) in [5, 5.41) is 8.76. The number of Topliss-reactive ketones (excluding diaryl/α,β-unsaturated/α-hetero) is 2. The Kier molecular flexibility index (Phi) is 8.06. The first kappa shape index (κ1) is 18.9. The van der Waals surface area contributed by atoms with E-state index in [2.05, 4.69) is 0 Å². The van der Waals surface area contributed by atoms with Gasteiger partial charge in [-0.1, -0.05) is 32.5 Å². The molecule has 0 radical (unpaired) electrons. The summed E-state index contributed by atoms with van der Waals surface area (Å²) in [6.45, 7) is -3.03. The Balaban J connectivity index is 2.08. The van der Waals surface area contributed by atoms with Crippen molar-refractivity contribution < 1.29 is 47.3 Å². The van der Waals surface area contributed by atoms with Crippen molar-refractivity contribution >= 4 is 17.5 Å². The van der Waals surface area contributed by atoms with Gasteiger partial charge in [0.15, 0.2) is 6.29 Å². The normalized spacial score (nSPS) is 30.4. The minimum atomic E-state index is -4.33. The first-order chi connectivity index (χ1) is 18.4. The zero-order chi connectivity index (χ0) is 30.4. The first-order valence-electron chi connectivity index (χ1n) is 15.3. The number of carbonyl (C=O) groups is 3. The molecule has 2 fully saturated rings. The summed E-state index contributed by atoms with van der Waals surface area (Å²) in [5.41, 5.74) is 0. The molecule has 4 atom stereocenters. The Hall–Kier alpha value is -1.41. The van der Waals surface area contributed by atoms with Crippen molar-refractivity contribution in [3.05, 3.63) is 0 Å². The minimum Gasteiger partial charge on any atom is -0.481 e. The molecule has 1 N–H and O–H groups in total. The average Bonchev–Trinajstić information content (AvgIpc) is 3.12. The molecule has 0 spiro atoms. The monoisotopic (exact) mass is 481 g/mol. The van der Waals surface area contributed by atoms with Gasteiger partial charge in [-0.2, -0.15) is 8.78 Å². The molecule has 1 aliphatic carbocycles. The lowest BCUT2D eigenvalue weighted by atomic mass is 9.84. The second kappa shape index (κ2) is 14.1. The van der Waals surface area contributed by atoms with Crippen molar-refractivity contribution in [2.45, 2.75) is 121 Å². The number of carbonyl (C=O) groups excluding carboxylic acids is 2. The number of unbranched alkanes of at least 4 members (excludes halogenated alkanes) is 3. The molecule has 1 saturated carbocycles. The molecule has 1 saturated heterocycles. The number of rotatable bonds is 16. The van der Waals surface area contributed by atoms with E-state index < -0.39 is 74.3 Å². The van der Waals surface area contributed by atoms with Gasteiger partial charge < -0.3 is 14.6 Å². The Labute approximate surface area is 205 Å². The maximum atomic E-state index is 14.8. The fourth-order valence-corrected chi connectivity index (χ4v) is 4.65. The molecular formula is C25H40F2O6. The number of hydrogen-bond donors (Lipinski definition) is 1. The van der Waals surface area contributed by atoms with Crippen molar-refractivity contribution in [1.29, 1.82) is 0 Å². The molecule has 2 rings (SSSR count). The van der Waals surface area contributed by atoms with Crippen LogP contribution in [0.5, 0.6) is 0 Å². The van der Waals surface area contributed by atoms with Crippen LogP contribution in [-0.2, 0) is 23.9 Å². The number of hydrogen-bond acceptors (Lipinski definition) is 5. The third-order valence-electron chi connectivity index (χ3n) is 6.44. The second-order valence-electron chi connectivity index (χ2n) is 8.90. The highest BCUT2D eigenvalue weighted by Gasteiger charge is 2.45. The summed E-state index contributed by atoms with van der Waals surface area (Å²) in [6, 6.07) is 0.